The molecule has 1 atom stereocenters. The number of aromatic hydroxyl groups is 1. The van der Waals surface area contributed by atoms with Gasteiger partial charge in [0, 0.05) is 11.6 Å². The highest BCUT2D eigenvalue weighted by molar-refractivity contribution is 6.05. The number of anilines is 1. The van der Waals surface area contributed by atoms with E-state index in [4.69, 9.17) is 15.2 Å². The van der Waals surface area contributed by atoms with Crippen molar-refractivity contribution in [3.05, 3.63) is 80.9 Å². The van der Waals surface area contributed by atoms with E-state index in [9.17, 15) is 20.0 Å². The quantitative estimate of drug-likeness (QED) is 0.0784. The van der Waals surface area contributed by atoms with E-state index in [1.165, 1.54) is 5.56 Å². The molecule has 3 aromatic carbocycles. The molecule has 0 bridgehead atoms. The van der Waals surface area contributed by atoms with Crippen molar-refractivity contribution in [3.63, 3.8) is 0 Å². The molecule has 0 aliphatic rings. The third-order valence-electron chi connectivity index (χ3n) is 9.30. The van der Waals surface area contributed by atoms with Crippen LogP contribution >= 0.6 is 0 Å². The Morgan fingerprint density at radius 1 is 0.913 bits per heavy atom. The van der Waals surface area contributed by atoms with Gasteiger partial charge in [0.15, 0.2) is 23.3 Å². The monoisotopic (exact) mass is 632 g/mol. The Hall–Kier alpha value is -4.07. The molecule has 8 nitrogen and oxygen atoms in total. The third kappa shape index (κ3) is 8.01. The topological polar surface area (TPSA) is 125 Å². The minimum absolute atomic E-state index is 0.0420. The van der Waals surface area contributed by atoms with E-state index >= 15 is 0 Å². The van der Waals surface area contributed by atoms with E-state index in [0.29, 0.717) is 24.3 Å². The number of carbonyl (C=O) groups is 1. The van der Waals surface area contributed by atoms with Crippen molar-refractivity contribution in [2.45, 2.75) is 124 Å². The summed E-state index contributed by atoms with van der Waals surface area (Å²) >= 11 is 0. The van der Waals surface area contributed by atoms with E-state index in [1.54, 1.807) is 12.1 Å². The molecule has 3 N–H and O–H groups in total. The number of hydrogen-bond donors (Lipinski definition) is 2. The molecular weight excluding hydrogens is 580 g/mol. The molecule has 0 spiro atoms. The van der Waals surface area contributed by atoms with Crippen LogP contribution in [-0.4, -0.2) is 21.9 Å². The summed E-state index contributed by atoms with van der Waals surface area (Å²) in [6.45, 7) is 21.3. The van der Waals surface area contributed by atoms with E-state index in [-0.39, 0.29) is 27.6 Å². The van der Waals surface area contributed by atoms with Crippen molar-refractivity contribution in [2.24, 2.45) is 0 Å². The molecule has 0 aliphatic carbocycles. The zero-order valence-electron chi connectivity index (χ0n) is 29.2. The van der Waals surface area contributed by atoms with Crippen LogP contribution in [0.4, 0.5) is 11.4 Å². The number of benzene rings is 3. The summed E-state index contributed by atoms with van der Waals surface area (Å²) in [5.74, 6) is -0.422. The van der Waals surface area contributed by atoms with E-state index in [0.717, 1.165) is 36.5 Å². The second kappa shape index (κ2) is 14.1. The lowest BCUT2D eigenvalue weighted by atomic mass is 9.76. The number of rotatable bonds is 14. The van der Waals surface area contributed by atoms with Crippen LogP contribution in [0.25, 0.3) is 0 Å². The summed E-state index contributed by atoms with van der Waals surface area (Å²) in [5.41, 5.74) is 7.92. The number of phenols is 1. The lowest BCUT2D eigenvalue weighted by molar-refractivity contribution is -0.384. The maximum atomic E-state index is 14.4. The maximum Gasteiger partial charge on any atom is 0.337 e. The Morgan fingerprint density at radius 2 is 1.50 bits per heavy atom. The van der Waals surface area contributed by atoms with E-state index < -0.39 is 33.9 Å². The standard InChI is InChI=1S/C38H52N2O6/c1-11-14-15-31(46-30-21-18-25(37(7,8)12-2)22-28(30)38(9,10)13-3)34(42)27-23-29(41)33(40(43)44)32(39)35(27)45-26-19-16-24(17-20-26)36(4,5)6/h16-23,31,41H,11-15,39H2,1-10H3. The summed E-state index contributed by atoms with van der Waals surface area (Å²) < 4.78 is 12.7. The van der Waals surface area contributed by atoms with Crippen LogP contribution in [-0.2, 0) is 16.2 Å². The van der Waals surface area contributed by atoms with Crippen LogP contribution in [0.15, 0.2) is 48.5 Å². The summed E-state index contributed by atoms with van der Waals surface area (Å²) in [5, 5.41) is 22.6. The zero-order valence-corrected chi connectivity index (χ0v) is 29.2. The first-order valence-corrected chi connectivity index (χ1v) is 16.3. The molecule has 0 radical (unpaired) electrons. The Bertz CT molecular complexity index is 1550. The molecule has 8 heteroatoms. The first-order chi connectivity index (χ1) is 21.4. The van der Waals surface area contributed by atoms with Crippen molar-refractivity contribution >= 4 is 17.2 Å². The molecule has 0 amide bonds. The van der Waals surface area contributed by atoms with Gasteiger partial charge in [0.25, 0.3) is 0 Å². The lowest BCUT2D eigenvalue weighted by Crippen LogP contribution is -2.30. The third-order valence-corrected chi connectivity index (χ3v) is 9.30. The fourth-order valence-corrected chi connectivity index (χ4v) is 5.22. The molecule has 0 aliphatic heterocycles. The number of ether oxygens (including phenoxy) is 2. The molecule has 0 saturated heterocycles. The van der Waals surface area contributed by atoms with Crippen LogP contribution in [0, 0.1) is 10.1 Å². The predicted molar refractivity (Wildman–Crippen MR) is 186 cm³/mol. The number of nitrogens with two attached hydrogens (primary N) is 1. The predicted octanol–water partition coefficient (Wildman–Crippen LogP) is 10.2. The van der Waals surface area contributed by atoms with Crippen molar-refractivity contribution in [1.82, 2.24) is 0 Å². The highest BCUT2D eigenvalue weighted by Crippen LogP contribution is 2.45. The van der Waals surface area contributed by atoms with Crippen LogP contribution in [0.2, 0.25) is 0 Å². The highest BCUT2D eigenvalue weighted by Gasteiger charge is 2.34. The second-order valence-electron chi connectivity index (χ2n) is 14.5. The summed E-state index contributed by atoms with van der Waals surface area (Å²) in [6, 6.07) is 14.5. The van der Waals surface area contributed by atoms with Gasteiger partial charge >= 0.3 is 5.69 Å². The molecule has 46 heavy (non-hydrogen) atoms. The second-order valence-corrected chi connectivity index (χ2v) is 14.5. The van der Waals surface area contributed by atoms with E-state index in [2.05, 4.69) is 74.4 Å². The fourth-order valence-electron chi connectivity index (χ4n) is 5.22. The number of Topliss-reactive ketones (excluding diaryl/α,β-unsaturated/α-hetero) is 1. The number of unbranched alkanes of at least 4 members (excludes halogenated alkanes) is 1. The van der Waals surface area contributed by atoms with Gasteiger partial charge in [0.1, 0.15) is 11.5 Å². The van der Waals surface area contributed by atoms with E-state index in [1.807, 2.05) is 25.1 Å². The summed E-state index contributed by atoms with van der Waals surface area (Å²) in [7, 11) is 0. The van der Waals surface area contributed by atoms with Crippen LogP contribution < -0.4 is 15.2 Å². The number of nitrogen functional groups attached to an aromatic ring is 1. The number of nitro groups is 1. The normalized spacial score (nSPS) is 12.9. The van der Waals surface area contributed by atoms with Gasteiger partial charge in [0.05, 0.1) is 10.5 Å². The number of hydrogen-bond acceptors (Lipinski definition) is 7. The number of nitro benzene ring substituents is 1. The molecule has 0 aromatic heterocycles. The Morgan fingerprint density at radius 3 is 2.02 bits per heavy atom. The van der Waals surface area contributed by atoms with Gasteiger partial charge in [-0.3, -0.25) is 14.9 Å². The molecule has 0 saturated carbocycles. The summed E-state index contributed by atoms with van der Waals surface area (Å²) in [6.07, 6.45) is 2.77. The maximum absolute atomic E-state index is 14.4. The van der Waals surface area contributed by atoms with Gasteiger partial charge < -0.3 is 20.3 Å². The fraction of sp³-hybridized carbons (Fsp3) is 0.500. The van der Waals surface area contributed by atoms with Crippen molar-refractivity contribution in [3.8, 4) is 23.0 Å². The molecule has 1 unspecified atom stereocenters. The Labute approximate surface area is 274 Å². The average Bonchev–Trinajstić information content (AvgIpc) is 2.99. The molecular formula is C38H52N2O6. The van der Waals surface area contributed by atoms with Gasteiger partial charge in [-0.25, -0.2) is 0 Å². The first kappa shape index (κ1) is 36.4. The first-order valence-electron chi connectivity index (χ1n) is 16.3. The number of carbonyl (C=O) groups excluding carboxylic acids is 1. The molecule has 0 heterocycles. The highest BCUT2D eigenvalue weighted by atomic mass is 16.6. The Kier molecular flexibility index (Phi) is 11.2. The Balaban J connectivity index is 2.17. The van der Waals surface area contributed by atoms with Crippen LogP contribution in [0.3, 0.4) is 0 Å². The van der Waals surface area contributed by atoms with Gasteiger partial charge in [-0.2, -0.15) is 0 Å². The number of nitrogens with zero attached hydrogens (tertiary/aromatic N) is 1. The molecule has 3 rings (SSSR count). The lowest BCUT2D eigenvalue weighted by Gasteiger charge is -2.31. The minimum Gasteiger partial charge on any atom is -0.502 e. The summed E-state index contributed by atoms with van der Waals surface area (Å²) in [4.78, 5) is 25.5. The number of ketones is 1. The van der Waals surface area contributed by atoms with Crippen molar-refractivity contribution in [1.29, 1.82) is 0 Å². The average molecular weight is 633 g/mol. The molecule has 3 aromatic rings. The van der Waals surface area contributed by atoms with Crippen LogP contribution in [0.1, 0.15) is 128 Å². The van der Waals surface area contributed by atoms with Crippen LogP contribution in [0.5, 0.6) is 23.0 Å². The van der Waals surface area contributed by atoms with Gasteiger partial charge in [-0.05, 0) is 71.3 Å². The number of phenolic OH excluding ortho intramolecular Hbond substituents is 1. The SMILES string of the molecule is CCCCC(Oc1ccc(C(C)(C)CC)cc1C(C)(C)CC)C(=O)c1cc(O)c([N+](=O)[O-])c(N)c1Oc1ccc(C(C)(C)C)cc1. The largest absolute Gasteiger partial charge is 0.502 e. The van der Waals surface area contributed by atoms with Gasteiger partial charge in [-0.1, -0.05) is 99.9 Å². The minimum atomic E-state index is -0.956. The van der Waals surface area contributed by atoms with Gasteiger partial charge in [0.2, 0.25) is 5.78 Å². The molecule has 0 fully saturated rings. The molecule has 250 valence electrons. The van der Waals surface area contributed by atoms with Crippen molar-refractivity contribution < 1.29 is 24.3 Å². The van der Waals surface area contributed by atoms with Crippen molar-refractivity contribution in [2.75, 3.05) is 5.73 Å². The smallest absolute Gasteiger partial charge is 0.337 e. The zero-order chi connectivity index (χ0) is 34.6. The van der Waals surface area contributed by atoms with Gasteiger partial charge in [-0.15, -0.1) is 0 Å².